The molecule has 2 aromatic heterocycles. The first-order valence-electron chi connectivity index (χ1n) is 12.3. The largest absolute Gasteiger partial charge is 0.366 e. The van der Waals surface area contributed by atoms with E-state index >= 15 is 0 Å². The topological polar surface area (TPSA) is 101 Å². The maximum absolute atomic E-state index is 13.8. The second kappa shape index (κ2) is 10.3. The number of aryl methyl sites for hydroxylation is 1. The van der Waals surface area contributed by atoms with Crippen LogP contribution in [-0.2, 0) is 20.7 Å². The summed E-state index contributed by atoms with van der Waals surface area (Å²) in [5.74, 6) is -0.742. The highest BCUT2D eigenvalue weighted by molar-refractivity contribution is 7.17. The van der Waals surface area contributed by atoms with Crippen molar-refractivity contribution in [3.63, 3.8) is 0 Å². The number of nitrogens with zero attached hydrogens (tertiary/aromatic N) is 3. The van der Waals surface area contributed by atoms with Crippen LogP contribution in [0, 0.1) is 5.92 Å². The Morgan fingerprint density at radius 2 is 2.09 bits per heavy atom. The van der Waals surface area contributed by atoms with Gasteiger partial charge in [-0.3, -0.25) is 19.4 Å². The van der Waals surface area contributed by atoms with Gasteiger partial charge in [-0.05, 0) is 42.9 Å². The van der Waals surface area contributed by atoms with Crippen LogP contribution in [-0.4, -0.2) is 69.2 Å². The summed E-state index contributed by atoms with van der Waals surface area (Å²) in [6, 6.07) is 2.50. The molecule has 2 aromatic rings. The molecule has 1 saturated carbocycles. The zero-order valence-corrected chi connectivity index (χ0v) is 21.2. The van der Waals surface area contributed by atoms with Crippen LogP contribution in [0.25, 0.3) is 10.4 Å². The van der Waals surface area contributed by atoms with Crippen molar-refractivity contribution in [3.05, 3.63) is 35.2 Å². The van der Waals surface area contributed by atoms with Gasteiger partial charge in [0, 0.05) is 24.6 Å². The third kappa shape index (κ3) is 4.86. The average molecular weight is 517 g/mol. The van der Waals surface area contributed by atoms with E-state index in [4.69, 9.17) is 16.3 Å². The lowest BCUT2D eigenvalue weighted by molar-refractivity contribution is -0.139. The standard InChI is InChI=1S/C25H29ClN4O4S/c1-2-16-10-15(8-9-27-16)19-11-28-24(35-19)23(32)29-20(14-6-4-3-5-7-14)25(33)30-12-17(26)22-21(30)18(31)13-34-22/h8-11,14,17,20-22H,2-7,12-13H2,1H3,(H,29,32)/t17-,20-,21+,22+/m0/s1. The molecule has 0 bridgehead atoms. The number of fused-ring (bicyclic) bond motifs is 1. The van der Waals surface area contributed by atoms with Crippen molar-refractivity contribution in [2.24, 2.45) is 5.92 Å². The van der Waals surface area contributed by atoms with Gasteiger partial charge in [0.2, 0.25) is 5.91 Å². The molecule has 4 atom stereocenters. The Labute approximate surface area is 213 Å². The summed E-state index contributed by atoms with van der Waals surface area (Å²) in [6.07, 6.45) is 8.64. The number of ketones is 1. The molecule has 3 aliphatic rings. The molecule has 5 rings (SSSR count). The number of carbonyl (C=O) groups excluding carboxylic acids is 3. The maximum atomic E-state index is 13.8. The molecule has 186 valence electrons. The number of thiazole rings is 1. The minimum atomic E-state index is -0.723. The molecule has 4 heterocycles. The maximum Gasteiger partial charge on any atom is 0.280 e. The van der Waals surface area contributed by atoms with Gasteiger partial charge in [0.1, 0.15) is 24.8 Å². The number of carbonyl (C=O) groups is 3. The first kappa shape index (κ1) is 24.3. The highest BCUT2D eigenvalue weighted by atomic mass is 35.5. The van der Waals surface area contributed by atoms with Crippen LogP contribution in [0.15, 0.2) is 24.5 Å². The molecule has 0 aromatic carbocycles. The molecule has 10 heteroatoms. The van der Waals surface area contributed by atoms with E-state index in [2.05, 4.69) is 15.3 Å². The van der Waals surface area contributed by atoms with E-state index in [-0.39, 0.29) is 36.7 Å². The number of hydrogen-bond acceptors (Lipinski definition) is 7. The SMILES string of the molecule is CCc1cc(-c2cnc(C(=O)N[C@H](C(=O)N3C[C@H](Cl)[C@H]4OCC(=O)[C@H]43)C3CCCCC3)s2)ccn1. The Balaban J connectivity index is 1.36. The molecule has 35 heavy (non-hydrogen) atoms. The van der Waals surface area contributed by atoms with Crippen molar-refractivity contribution in [1.29, 1.82) is 0 Å². The minimum Gasteiger partial charge on any atom is -0.366 e. The number of amides is 2. The van der Waals surface area contributed by atoms with Gasteiger partial charge in [-0.1, -0.05) is 26.2 Å². The zero-order chi connectivity index (χ0) is 24.5. The molecule has 0 radical (unpaired) electrons. The van der Waals surface area contributed by atoms with Crippen molar-refractivity contribution in [1.82, 2.24) is 20.2 Å². The van der Waals surface area contributed by atoms with Crippen LogP contribution in [0.5, 0.6) is 0 Å². The number of alkyl halides is 1. The van der Waals surface area contributed by atoms with Crippen molar-refractivity contribution >= 4 is 40.5 Å². The summed E-state index contributed by atoms with van der Waals surface area (Å²) in [6.45, 7) is 2.25. The Hall–Kier alpha value is -2.36. The number of likely N-dealkylation sites (tertiary alicyclic amines) is 1. The second-order valence-corrected chi connectivity index (χ2v) is 11.1. The molecular weight excluding hydrogens is 488 g/mol. The number of hydrogen-bond donors (Lipinski definition) is 1. The van der Waals surface area contributed by atoms with Crippen LogP contribution >= 0.6 is 22.9 Å². The molecule has 8 nitrogen and oxygen atoms in total. The van der Waals surface area contributed by atoms with E-state index < -0.39 is 23.6 Å². The van der Waals surface area contributed by atoms with E-state index in [1.54, 1.807) is 12.4 Å². The van der Waals surface area contributed by atoms with Gasteiger partial charge in [-0.2, -0.15) is 0 Å². The quantitative estimate of drug-likeness (QED) is 0.591. The lowest BCUT2D eigenvalue weighted by atomic mass is 9.83. The summed E-state index contributed by atoms with van der Waals surface area (Å²) in [7, 11) is 0. The number of halogens is 1. The number of rotatable bonds is 6. The van der Waals surface area contributed by atoms with Crippen molar-refractivity contribution in [2.45, 2.75) is 69.0 Å². The number of pyridine rings is 1. The van der Waals surface area contributed by atoms with E-state index in [1.807, 2.05) is 19.1 Å². The average Bonchev–Trinajstić information content (AvgIpc) is 3.61. The molecule has 0 unspecified atom stereocenters. The summed E-state index contributed by atoms with van der Waals surface area (Å²) in [4.78, 5) is 50.6. The molecule has 3 fully saturated rings. The minimum absolute atomic E-state index is 0.0113. The molecule has 1 aliphatic carbocycles. The van der Waals surface area contributed by atoms with Gasteiger partial charge < -0.3 is 15.0 Å². The highest BCUT2D eigenvalue weighted by Gasteiger charge is 2.53. The van der Waals surface area contributed by atoms with Gasteiger partial charge >= 0.3 is 0 Å². The molecular formula is C25H29ClN4O4S. The number of Topliss-reactive ketones (excluding diaryl/α,β-unsaturated/α-hetero) is 1. The number of nitrogens with one attached hydrogen (secondary N) is 1. The highest BCUT2D eigenvalue weighted by Crippen LogP contribution is 2.34. The van der Waals surface area contributed by atoms with Gasteiger partial charge in [0.05, 0.1) is 10.3 Å². The summed E-state index contributed by atoms with van der Waals surface area (Å²) >= 11 is 7.71. The third-order valence-corrected chi connectivity index (χ3v) is 8.67. The third-order valence-electron chi connectivity index (χ3n) is 7.24. The summed E-state index contributed by atoms with van der Waals surface area (Å²) in [5, 5.41) is 2.85. The van der Waals surface area contributed by atoms with Crippen LogP contribution in [0.4, 0.5) is 0 Å². The van der Waals surface area contributed by atoms with Gasteiger partial charge in [0.25, 0.3) is 5.91 Å². The Bertz CT molecular complexity index is 1120. The van der Waals surface area contributed by atoms with E-state index in [9.17, 15) is 14.4 Å². The zero-order valence-electron chi connectivity index (χ0n) is 19.6. The molecule has 2 aliphatic heterocycles. The van der Waals surface area contributed by atoms with Crippen molar-refractivity contribution in [2.75, 3.05) is 13.2 Å². The molecule has 0 spiro atoms. The molecule has 2 amide bonds. The fourth-order valence-electron chi connectivity index (χ4n) is 5.39. The Kier molecular flexibility index (Phi) is 7.18. The van der Waals surface area contributed by atoms with E-state index in [0.29, 0.717) is 5.01 Å². The fraction of sp³-hybridized carbons (Fsp3) is 0.560. The Morgan fingerprint density at radius 3 is 2.86 bits per heavy atom. The van der Waals surface area contributed by atoms with Crippen molar-refractivity contribution in [3.8, 4) is 10.4 Å². The first-order chi connectivity index (χ1) is 17.0. The van der Waals surface area contributed by atoms with Gasteiger partial charge in [-0.25, -0.2) is 4.98 Å². The normalized spacial score (nSPS) is 25.5. The smallest absolute Gasteiger partial charge is 0.280 e. The van der Waals surface area contributed by atoms with Crippen LogP contribution in [0.1, 0.15) is 54.5 Å². The summed E-state index contributed by atoms with van der Waals surface area (Å²) in [5.41, 5.74) is 1.93. The first-order valence-corrected chi connectivity index (χ1v) is 13.5. The van der Waals surface area contributed by atoms with Crippen molar-refractivity contribution < 1.29 is 19.1 Å². The predicted molar refractivity (Wildman–Crippen MR) is 132 cm³/mol. The lowest BCUT2D eigenvalue weighted by Gasteiger charge is -2.34. The second-order valence-electron chi connectivity index (χ2n) is 9.46. The molecule has 1 N–H and O–H groups in total. The summed E-state index contributed by atoms with van der Waals surface area (Å²) < 4.78 is 5.54. The Morgan fingerprint density at radius 1 is 1.29 bits per heavy atom. The number of aromatic nitrogens is 2. The van der Waals surface area contributed by atoms with Crippen LogP contribution < -0.4 is 5.32 Å². The van der Waals surface area contributed by atoms with Gasteiger partial charge in [-0.15, -0.1) is 22.9 Å². The van der Waals surface area contributed by atoms with E-state index in [0.717, 1.165) is 54.7 Å². The predicted octanol–water partition coefficient (Wildman–Crippen LogP) is 3.23. The fourth-order valence-corrected chi connectivity index (χ4v) is 6.57. The number of ether oxygens (including phenoxy) is 1. The lowest BCUT2D eigenvalue weighted by Crippen LogP contribution is -2.55. The monoisotopic (exact) mass is 516 g/mol. The van der Waals surface area contributed by atoms with Crippen LogP contribution in [0.3, 0.4) is 0 Å². The van der Waals surface area contributed by atoms with Crippen LogP contribution in [0.2, 0.25) is 0 Å². The van der Waals surface area contributed by atoms with E-state index in [1.165, 1.54) is 16.2 Å². The molecule has 2 saturated heterocycles. The van der Waals surface area contributed by atoms with Gasteiger partial charge in [0.15, 0.2) is 10.8 Å².